The lowest BCUT2D eigenvalue weighted by molar-refractivity contribution is -0.789. The van der Waals surface area contributed by atoms with E-state index in [4.69, 9.17) is 4.99 Å². The smallest absolute Gasteiger partial charge is 0.136 e. The highest BCUT2D eigenvalue weighted by atomic mass is 32.1. The van der Waals surface area contributed by atoms with Gasteiger partial charge in [-0.1, -0.05) is 0 Å². The van der Waals surface area contributed by atoms with E-state index < -0.39 is 0 Å². The molecule has 124 valence electrons. The number of piperidine rings is 1. The first kappa shape index (κ1) is 16.5. The van der Waals surface area contributed by atoms with Crippen LogP contribution in [-0.2, 0) is 12.0 Å². The number of rotatable bonds is 2. The monoisotopic (exact) mass is 331 g/mol. The number of thiophene rings is 1. The normalized spacial score (nSPS) is 22.8. The number of nitrogens with two attached hydrogens (primary N) is 1. The summed E-state index contributed by atoms with van der Waals surface area (Å²) in [5.74, 6) is 0. The maximum Gasteiger partial charge on any atom is 0.136 e. The zero-order chi connectivity index (χ0) is 16.7. The molecule has 0 aliphatic carbocycles. The summed E-state index contributed by atoms with van der Waals surface area (Å²) in [6.07, 6.45) is 6.70. The Morgan fingerprint density at radius 2 is 1.91 bits per heavy atom. The second kappa shape index (κ2) is 5.92. The quantitative estimate of drug-likeness (QED) is 0.669. The number of quaternary nitrogens is 1. The third kappa shape index (κ3) is 3.29. The molecule has 23 heavy (non-hydrogen) atoms. The van der Waals surface area contributed by atoms with Crippen molar-refractivity contribution in [2.24, 2.45) is 4.99 Å². The Bertz CT molecular complexity index is 657. The molecule has 4 nitrogen and oxygen atoms in total. The molecule has 0 amide bonds. The average Bonchev–Trinajstić information content (AvgIpc) is 2.82. The van der Waals surface area contributed by atoms with E-state index in [0.717, 1.165) is 30.1 Å². The van der Waals surface area contributed by atoms with Gasteiger partial charge in [-0.05, 0) is 52.5 Å². The van der Waals surface area contributed by atoms with Crippen LogP contribution in [-0.4, -0.2) is 29.9 Å². The Balaban J connectivity index is 1.96. The van der Waals surface area contributed by atoms with E-state index in [1.807, 2.05) is 6.34 Å². The molecule has 1 aromatic rings. The van der Waals surface area contributed by atoms with Crippen molar-refractivity contribution in [2.45, 2.75) is 64.5 Å². The molecule has 0 radical (unpaired) electrons. The van der Waals surface area contributed by atoms with Crippen molar-refractivity contribution in [1.29, 1.82) is 5.26 Å². The topological polar surface area (TPSA) is 56.0 Å². The summed E-state index contributed by atoms with van der Waals surface area (Å²) in [4.78, 5) is 8.30. The first-order valence-electron chi connectivity index (χ1n) is 8.54. The van der Waals surface area contributed by atoms with Crippen molar-refractivity contribution in [3.63, 3.8) is 0 Å². The van der Waals surface area contributed by atoms with Crippen molar-refractivity contribution < 1.29 is 5.32 Å². The Morgan fingerprint density at radius 1 is 1.22 bits per heavy atom. The molecule has 5 heteroatoms. The number of fused-ring (bicyclic) bond motifs is 1. The summed E-state index contributed by atoms with van der Waals surface area (Å²) in [5, 5.41) is 13.0. The van der Waals surface area contributed by atoms with E-state index in [0.29, 0.717) is 0 Å². The Labute approximate surface area is 143 Å². The van der Waals surface area contributed by atoms with Gasteiger partial charge in [0.1, 0.15) is 16.6 Å². The third-order valence-corrected chi connectivity index (χ3v) is 6.28. The summed E-state index contributed by atoms with van der Waals surface area (Å²) in [6.45, 7) is 11.2. The largest absolute Gasteiger partial charge is 0.363 e. The number of nitriles is 1. The summed E-state index contributed by atoms with van der Waals surface area (Å²) in [6, 6.07) is 2.43. The number of hydrogen-bond donors (Lipinski definition) is 1. The SMILES string of the molecule is CC1(C)Cc2c(sc(N=CN3CCCCC3)c2C#N)C(C)(C)[NH2+]1. The minimum atomic E-state index is 0.00619. The van der Waals surface area contributed by atoms with Gasteiger partial charge in [-0.25, -0.2) is 4.99 Å². The lowest BCUT2D eigenvalue weighted by Gasteiger charge is -2.38. The van der Waals surface area contributed by atoms with Gasteiger partial charge in [0.25, 0.3) is 0 Å². The van der Waals surface area contributed by atoms with Gasteiger partial charge >= 0.3 is 0 Å². The highest BCUT2D eigenvalue weighted by Gasteiger charge is 2.44. The fourth-order valence-electron chi connectivity index (χ4n) is 4.06. The van der Waals surface area contributed by atoms with Gasteiger partial charge in [0.05, 0.1) is 22.3 Å². The van der Waals surface area contributed by atoms with Gasteiger partial charge < -0.3 is 10.2 Å². The van der Waals surface area contributed by atoms with Gasteiger partial charge in [0, 0.05) is 19.5 Å². The Hall–Kier alpha value is -1.38. The lowest BCUT2D eigenvalue weighted by atomic mass is 9.81. The van der Waals surface area contributed by atoms with E-state index in [2.05, 4.69) is 44.0 Å². The first-order chi connectivity index (χ1) is 10.8. The van der Waals surface area contributed by atoms with Crippen LogP contribution >= 0.6 is 11.3 Å². The van der Waals surface area contributed by atoms with Crippen molar-refractivity contribution >= 4 is 22.7 Å². The van der Waals surface area contributed by atoms with Gasteiger partial charge in [-0.15, -0.1) is 11.3 Å². The molecule has 0 bridgehead atoms. The van der Waals surface area contributed by atoms with Crippen LogP contribution in [0.3, 0.4) is 0 Å². The molecule has 0 saturated carbocycles. The summed E-state index contributed by atoms with van der Waals surface area (Å²) in [5.41, 5.74) is 2.15. The minimum Gasteiger partial charge on any atom is -0.363 e. The molecule has 3 rings (SSSR count). The molecule has 3 heterocycles. The number of nitrogens with zero attached hydrogens (tertiary/aromatic N) is 3. The highest BCUT2D eigenvalue weighted by molar-refractivity contribution is 7.16. The van der Waals surface area contributed by atoms with Crippen LogP contribution in [0.15, 0.2) is 4.99 Å². The molecular weight excluding hydrogens is 304 g/mol. The molecule has 1 saturated heterocycles. The van der Waals surface area contributed by atoms with Crippen molar-refractivity contribution in [3.05, 3.63) is 16.0 Å². The van der Waals surface area contributed by atoms with Gasteiger partial charge in [-0.3, -0.25) is 0 Å². The van der Waals surface area contributed by atoms with Crippen LogP contribution in [0, 0.1) is 11.3 Å². The minimum absolute atomic E-state index is 0.00619. The second-order valence-electron chi connectivity index (χ2n) is 8.07. The number of aliphatic imine (C=N–C) groups is 1. The second-order valence-corrected chi connectivity index (χ2v) is 9.07. The Morgan fingerprint density at radius 3 is 2.57 bits per heavy atom. The standard InChI is InChI=1S/C18H26N4S/c1-17(2)10-13-14(11-19)16(23-15(13)18(3,4)21-17)20-12-22-8-6-5-7-9-22/h12,21H,5-10H2,1-4H3/p+1. The predicted octanol–water partition coefficient (Wildman–Crippen LogP) is 2.90. The van der Waals surface area contributed by atoms with E-state index in [1.54, 1.807) is 11.3 Å². The zero-order valence-corrected chi connectivity index (χ0v) is 15.5. The average molecular weight is 332 g/mol. The zero-order valence-electron chi connectivity index (χ0n) is 14.6. The molecule has 1 fully saturated rings. The van der Waals surface area contributed by atoms with E-state index in [-0.39, 0.29) is 11.1 Å². The summed E-state index contributed by atoms with van der Waals surface area (Å²) >= 11 is 1.70. The van der Waals surface area contributed by atoms with Crippen molar-refractivity contribution in [2.75, 3.05) is 13.1 Å². The van der Waals surface area contributed by atoms with Crippen LogP contribution in [0.25, 0.3) is 0 Å². The molecule has 2 N–H and O–H groups in total. The molecule has 2 aliphatic heterocycles. The fourth-order valence-corrected chi connectivity index (χ4v) is 5.25. The molecule has 2 aliphatic rings. The van der Waals surface area contributed by atoms with Gasteiger partial charge in [0.2, 0.25) is 0 Å². The Kier molecular flexibility index (Phi) is 4.24. The molecule has 1 aromatic heterocycles. The first-order valence-corrected chi connectivity index (χ1v) is 9.36. The maximum absolute atomic E-state index is 9.70. The van der Waals surface area contributed by atoms with E-state index in [1.165, 1.54) is 29.7 Å². The molecule has 0 atom stereocenters. The summed E-state index contributed by atoms with van der Waals surface area (Å²) in [7, 11) is 0. The van der Waals surface area contributed by atoms with Crippen LogP contribution < -0.4 is 5.32 Å². The highest BCUT2D eigenvalue weighted by Crippen LogP contribution is 2.42. The van der Waals surface area contributed by atoms with Gasteiger partial charge in [0.15, 0.2) is 0 Å². The maximum atomic E-state index is 9.70. The molecule has 0 aromatic carbocycles. The molecule has 0 unspecified atom stereocenters. The van der Waals surface area contributed by atoms with Crippen LogP contribution in [0.2, 0.25) is 0 Å². The molecular formula is C18H27N4S+. The van der Waals surface area contributed by atoms with E-state index in [9.17, 15) is 5.26 Å². The third-order valence-electron chi connectivity index (χ3n) is 4.80. The lowest BCUT2D eigenvalue weighted by Crippen LogP contribution is -3.03. The van der Waals surface area contributed by atoms with Crippen molar-refractivity contribution in [1.82, 2.24) is 4.90 Å². The number of likely N-dealkylation sites (tertiary alicyclic amines) is 1. The van der Waals surface area contributed by atoms with Crippen LogP contribution in [0.1, 0.15) is 63.0 Å². The number of hydrogen-bond acceptors (Lipinski definition) is 3. The predicted molar refractivity (Wildman–Crippen MR) is 95.3 cm³/mol. The van der Waals surface area contributed by atoms with E-state index >= 15 is 0 Å². The van der Waals surface area contributed by atoms with Gasteiger partial charge in [-0.2, -0.15) is 5.26 Å². The summed E-state index contributed by atoms with van der Waals surface area (Å²) < 4.78 is 0. The van der Waals surface area contributed by atoms with Crippen molar-refractivity contribution in [3.8, 4) is 6.07 Å². The molecule has 0 spiro atoms. The van der Waals surface area contributed by atoms with Crippen LogP contribution in [0.4, 0.5) is 5.00 Å². The van der Waals surface area contributed by atoms with Crippen LogP contribution in [0.5, 0.6) is 0 Å². The fraction of sp³-hybridized carbons (Fsp3) is 0.667.